The molecule has 1 amide bonds. The fourth-order valence-corrected chi connectivity index (χ4v) is 3.25. The molecule has 0 saturated carbocycles. The minimum atomic E-state index is -0.703. The van der Waals surface area contributed by atoms with Crippen molar-refractivity contribution >= 4 is 5.91 Å². The van der Waals surface area contributed by atoms with Crippen molar-refractivity contribution in [1.82, 2.24) is 9.88 Å². The van der Waals surface area contributed by atoms with Gasteiger partial charge in [-0.1, -0.05) is 0 Å². The molecule has 1 fully saturated rings. The first-order chi connectivity index (χ1) is 11.6. The highest BCUT2D eigenvalue weighted by Gasteiger charge is 2.30. The number of aliphatic hydroxyl groups is 1. The number of amides is 1. The van der Waals surface area contributed by atoms with Crippen LogP contribution >= 0.6 is 0 Å². The Balaban J connectivity index is 1.55. The van der Waals surface area contributed by atoms with Crippen LogP contribution in [0, 0.1) is 5.82 Å². The van der Waals surface area contributed by atoms with Crippen LogP contribution in [0.3, 0.4) is 0 Å². The second-order valence-electron chi connectivity index (χ2n) is 6.16. The molecule has 128 valence electrons. The maximum atomic E-state index is 13.1. The van der Waals surface area contributed by atoms with E-state index in [1.807, 2.05) is 4.90 Å². The molecule has 2 unspecified atom stereocenters. The zero-order valence-corrected chi connectivity index (χ0v) is 13.4. The molecule has 6 heteroatoms. The van der Waals surface area contributed by atoms with Gasteiger partial charge in [0.25, 0.3) is 0 Å². The van der Waals surface area contributed by atoms with Crippen LogP contribution in [0.4, 0.5) is 4.39 Å². The molecule has 0 bridgehead atoms. The van der Waals surface area contributed by atoms with Crippen molar-refractivity contribution in [3.8, 4) is 0 Å². The normalized spacial score (nSPS) is 18.8. The molecule has 1 aliphatic rings. The van der Waals surface area contributed by atoms with Crippen LogP contribution in [0.2, 0.25) is 0 Å². The Morgan fingerprint density at radius 3 is 3.12 bits per heavy atom. The molecular formula is C18H21FN2O3. The van der Waals surface area contributed by atoms with Gasteiger partial charge in [0.1, 0.15) is 17.7 Å². The van der Waals surface area contributed by atoms with E-state index in [-0.39, 0.29) is 17.8 Å². The Labute approximate surface area is 140 Å². The molecule has 1 saturated heterocycles. The van der Waals surface area contributed by atoms with Gasteiger partial charge in [0.15, 0.2) is 0 Å². The van der Waals surface area contributed by atoms with Gasteiger partial charge < -0.3 is 14.4 Å². The van der Waals surface area contributed by atoms with Gasteiger partial charge >= 0.3 is 0 Å². The van der Waals surface area contributed by atoms with Gasteiger partial charge in [0.2, 0.25) is 5.91 Å². The Hall–Kier alpha value is -2.21. The maximum absolute atomic E-state index is 13.1. The van der Waals surface area contributed by atoms with Crippen LogP contribution in [0.1, 0.15) is 43.1 Å². The quantitative estimate of drug-likeness (QED) is 0.883. The number of likely N-dealkylation sites (tertiary alicyclic amines) is 1. The number of pyridine rings is 1. The van der Waals surface area contributed by atoms with Crippen LogP contribution < -0.4 is 0 Å². The van der Waals surface area contributed by atoms with E-state index < -0.39 is 6.10 Å². The van der Waals surface area contributed by atoms with Crippen molar-refractivity contribution in [3.05, 3.63) is 54.0 Å². The molecule has 0 spiro atoms. The van der Waals surface area contributed by atoms with E-state index in [2.05, 4.69) is 4.98 Å². The number of aryl methyl sites for hydroxylation is 1. The second-order valence-corrected chi connectivity index (χ2v) is 6.16. The van der Waals surface area contributed by atoms with Crippen LogP contribution in [0.25, 0.3) is 0 Å². The third kappa shape index (κ3) is 4.00. The van der Waals surface area contributed by atoms with Crippen molar-refractivity contribution in [2.24, 2.45) is 0 Å². The molecule has 0 aliphatic carbocycles. The first-order valence-electron chi connectivity index (χ1n) is 8.24. The van der Waals surface area contributed by atoms with E-state index in [0.717, 1.165) is 24.6 Å². The monoisotopic (exact) mass is 332 g/mol. The van der Waals surface area contributed by atoms with Crippen LogP contribution in [0.5, 0.6) is 0 Å². The number of halogens is 1. The van der Waals surface area contributed by atoms with Crippen LogP contribution in [-0.2, 0) is 11.2 Å². The fraction of sp³-hybridized carbons (Fsp3) is 0.444. The minimum absolute atomic E-state index is 0.0169. The first-order valence-corrected chi connectivity index (χ1v) is 8.24. The van der Waals surface area contributed by atoms with Gasteiger partial charge in [0.05, 0.1) is 12.5 Å². The Kier molecular flexibility index (Phi) is 5.25. The van der Waals surface area contributed by atoms with Crippen LogP contribution in [0.15, 0.2) is 41.3 Å². The summed E-state index contributed by atoms with van der Waals surface area (Å²) >= 11 is 0. The molecule has 1 aliphatic heterocycles. The molecule has 0 radical (unpaired) electrons. The zero-order valence-electron chi connectivity index (χ0n) is 13.4. The number of furan rings is 1. The molecule has 2 atom stereocenters. The number of nitrogens with zero attached hydrogens (tertiary/aromatic N) is 2. The van der Waals surface area contributed by atoms with Gasteiger partial charge in [-0.25, -0.2) is 4.39 Å². The van der Waals surface area contributed by atoms with Crippen molar-refractivity contribution in [2.75, 3.05) is 6.54 Å². The summed E-state index contributed by atoms with van der Waals surface area (Å²) < 4.78 is 18.4. The van der Waals surface area contributed by atoms with Crippen molar-refractivity contribution < 1.29 is 18.7 Å². The summed E-state index contributed by atoms with van der Waals surface area (Å²) in [4.78, 5) is 18.1. The number of carbonyl (C=O) groups excluding carboxylic acids is 1. The predicted octanol–water partition coefficient (Wildman–Crippen LogP) is 2.86. The summed E-state index contributed by atoms with van der Waals surface area (Å²) in [5.41, 5.74) is 0.717. The molecule has 2 aromatic rings. The van der Waals surface area contributed by atoms with Gasteiger partial charge in [-0.2, -0.15) is 0 Å². The summed E-state index contributed by atoms with van der Waals surface area (Å²) in [7, 11) is 0. The number of aliphatic hydroxyl groups excluding tert-OH is 1. The lowest BCUT2D eigenvalue weighted by atomic mass is 10.0. The molecule has 5 nitrogen and oxygen atoms in total. The van der Waals surface area contributed by atoms with Gasteiger partial charge in [-0.15, -0.1) is 0 Å². The summed E-state index contributed by atoms with van der Waals surface area (Å²) in [6.45, 7) is 0.704. The molecule has 1 N–H and O–H groups in total. The second kappa shape index (κ2) is 7.57. The van der Waals surface area contributed by atoms with E-state index in [1.54, 1.807) is 18.3 Å². The number of aromatic nitrogens is 1. The van der Waals surface area contributed by atoms with E-state index in [4.69, 9.17) is 4.42 Å². The average molecular weight is 332 g/mol. The predicted molar refractivity (Wildman–Crippen MR) is 85.5 cm³/mol. The highest BCUT2D eigenvalue weighted by atomic mass is 19.1. The number of hydrogen-bond donors (Lipinski definition) is 1. The lowest BCUT2D eigenvalue weighted by Gasteiger charge is -2.26. The van der Waals surface area contributed by atoms with Gasteiger partial charge in [-0.3, -0.25) is 9.78 Å². The number of rotatable bonds is 6. The summed E-state index contributed by atoms with van der Waals surface area (Å²) in [6.07, 6.45) is 6.63. The number of hydrogen-bond acceptors (Lipinski definition) is 4. The lowest BCUT2D eigenvalue weighted by Crippen LogP contribution is -2.36. The Bertz CT molecular complexity index is 675. The smallest absolute Gasteiger partial charge is 0.223 e. The topological polar surface area (TPSA) is 66.6 Å². The summed E-state index contributed by atoms with van der Waals surface area (Å²) in [5, 5.41) is 10.2. The zero-order chi connectivity index (χ0) is 16.9. The van der Waals surface area contributed by atoms with Gasteiger partial charge in [0, 0.05) is 31.6 Å². The van der Waals surface area contributed by atoms with Crippen molar-refractivity contribution in [3.63, 3.8) is 0 Å². The molecule has 24 heavy (non-hydrogen) atoms. The lowest BCUT2D eigenvalue weighted by molar-refractivity contribution is -0.132. The van der Waals surface area contributed by atoms with E-state index in [9.17, 15) is 14.3 Å². The number of carbonyl (C=O) groups is 1. The summed E-state index contributed by atoms with van der Waals surface area (Å²) in [5.74, 6) is 0.175. The van der Waals surface area contributed by atoms with Crippen LogP contribution in [-0.4, -0.2) is 33.5 Å². The van der Waals surface area contributed by atoms with Gasteiger partial charge in [-0.05, 0) is 43.0 Å². The average Bonchev–Trinajstić information content (AvgIpc) is 3.24. The summed E-state index contributed by atoms with van der Waals surface area (Å²) in [6, 6.07) is 4.90. The largest absolute Gasteiger partial charge is 0.467 e. The Morgan fingerprint density at radius 1 is 1.50 bits per heavy atom. The molecule has 2 aromatic heterocycles. The minimum Gasteiger partial charge on any atom is -0.467 e. The standard InChI is InChI=1S/C18H21FN2O3/c19-14-9-13(11-20-12-14)5-6-18(23)21-7-1-3-15(21)10-16(22)17-4-2-8-24-17/h2,4,8-9,11-12,15-16,22H,1,3,5-7,10H2. The van der Waals surface area contributed by atoms with E-state index in [0.29, 0.717) is 31.6 Å². The molecule has 0 aromatic carbocycles. The first kappa shape index (κ1) is 16.6. The maximum Gasteiger partial charge on any atom is 0.223 e. The fourth-order valence-electron chi connectivity index (χ4n) is 3.25. The van der Waals surface area contributed by atoms with E-state index in [1.165, 1.54) is 12.3 Å². The molecule has 3 rings (SSSR count). The third-order valence-electron chi connectivity index (χ3n) is 4.45. The van der Waals surface area contributed by atoms with Crippen molar-refractivity contribution in [1.29, 1.82) is 0 Å². The molecule has 3 heterocycles. The van der Waals surface area contributed by atoms with Crippen molar-refractivity contribution in [2.45, 2.75) is 44.2 Å². The SMILES string of the molecule is O=C(CCc1cncc(F)c1)N1CCCC1CC(O)c1ccco1. The van der Waals surface area contributed by atoms with E-state index >= 15 is 0 Å². The Morgan fingerprint density at radius 2 is 2.38 bits per heavy atom. The third-order valence-corrected chi connectivity index (χ3v) is 4.45. The highest BCUT2D eigenvalue weighted by molar-refractivity contribution is 5.77. The molecular weight excluding hydrogens is 311 g/mol. The highest BCUT2D eigenvalue weighted by Crippen LogP contribution is 2.28.